The van der Waals surface area contributed by atoms with Crippen LogP contribution in [0.3, 0.4) is 0 Å². The quantitative estimate of drug-likeness (QED) is 0.253. The third-order valence-corrected chi connectivity index (χ3v) is 8.32. The van der Waals surface area contributed by atoms with Crippen molar-refractivity contribution in [2.75, 3.05) is 59.3 Å². The van der Waals surface area contributed by atoms with E-state index in [1.165, 1.54) is 6.92 Å². The molecule has 0 amide bonds. The molecule has 0 radical (unpaired) electrons. The minimum Gasteiger partial charge on any atom is -0.492 e. The number of carboxylic acid groups (broad SMARTS) is 1. The summed E-state index contributed by atoms with van der Waals surface area (Å²) in [5.74, 6) is 1.30. The predicted molar refractivity (Wildman–Crippen MR) is 166 cm³/mol. The van der Waals surface area contributed by atoms with E-state index in [2.05, 4.69) is 23.2 Å². The molecule has 1 unspecified atom stereocenters. The lowest BCUT2D eigenvalue weighted by molar-refractivity contribution is -0.145. The van der Waals surface area contributed by atoms with Crippen LogP contribution < -0.4 is 24.3 Å². The zero-order valence-electron chi connectivity index (χ0n) is 25.1. The molecule has 236 valence electrons. The van der Waals surface area contributed by atoms with Gasteiger partial charge in [0.2, 0.25) is 0 Å². The zero-order valence-corrected chi connectivity index (χ0v) is 25.8. The number of nitrogens with one attached hydrogen (secondary N) is 1. The Hall–Kier alpha value is -3.54. The average Bonchev–Trinajstić information content (AvgIpc) is 3.04. The van der Waals surface area contributed by atoms with Crippen LogP contribution in [0.2, 0.25) is 5.02 Å². The number of carboxylic acids is 1. The van der Waals surface area contributed by atoms with E-state index in [1.807, 2.05) is 30.3 Å². The van der Waals surface area contributed by atoms with Crippen molar-refractivity contribution in [3.05, 3.63) is 70.2 Å². The summed E-state index contributed by atoms with van der Waals surface area (Å²) in [4.78, 5) is 14.0. The van der Waals surface area contributed by atoms with Gasteiger partial charge in [-0.05, 0) is 54.3 Å². The molecule has 0 bridgehead atoms. The number of halogens is 1. The molecular formula is C33H39ClN2O8. The number of nitrogens with zero attached hydrogens (tertiary/aromatic N) is 1. The minimum atomic E-state index is -1.52. The maximum absolute atomic E-state index is 11.7. The molecule has 3 aromatic carbocycles. The highest BCUT2D eigenvalue weighted by Crippen LogP contribution is 2.37. The molecule has 11 heteroatoms. The Morgan fingerprint density at radius 1 is 1.00 bits per heavy atom. The van der Waals surface area contributed by atoms with Gasteiger partial charge < -0.3 is 33.9 Å². The number of hydrogen-bond acceptors (Lipinski definition) is 9. The van der Waals surface area contributed by atoms with Crippen LogP contribution in [-0.4, -0.2) is 85.9 Å². The molecule has 2 heterocycles. The molecule has 3 aromatic rings. The standard InChI is InChI=1S/C33H39ClN2O8/c1-22-24(4-3-5-26(22)23-6-7-28-31(17-23)43-15-14-42-28)20-44-30-18-29(41-13-10-36-8-11-40-12-9-36)25(16-27(30)34)19-35-33(2,21-37)32(38)39/h3-7,16-18,35,37H,8-15,19-21H2,1-2H3,(H,38,39). The first kappa shape index (κ1) is 31.9. The molecule has 2 aliphatic heterocycles. The SMILES string of the molecule is Cc1c(COc2cc(OCCN3CCOCC3)c(CNC(C)(CO)C(=O)O)cc2Cl)cccc1-c1ccc2c(c1)OCCO2. The topological polar surface area (TPSA) is 119 Å². The van der Waals surface area contributed by atoms with Crippen LogP contribution in [0.15, 0.2) is 48.5 Å². The van der Waals surface area contributed by atoms with Crippen molar-refractivity contribution in [1.29, 1.82) is 0 Å². The highest BCUT2D eigenvalue weighted by molar-refractivity contribution is 6.32. The number of carbonyl (C=O) groups is 1. The molecule has 0 aliphatic carbocycles. The van der Waals surface area contributed by atoms with Crippen molar-refractivity contribution in [2.45, 2.75) is 32.5 Å². The summed E-state index contributed by atoms with van der Waals surface area (Å²) >= 11 is 6.68. The highest BCUT2D eigenvalue weighted by atomic mass is 35.5. The monoisotopic (exact) mass is 626 g/mol. The fourth-order valence-electron chi connectivity index (χ4n) is 5.08. The van der Waals surface area contributed by atoms with Gasteiger partial charge in [0.15, 0.2) is 11.5 Å². The van der Waals surface area contributed by atoms with E-state index < -0.39 is 18.1 Å². The molecule has 0 spiro atoms. The maximum Gasteiger partial charge on any atom is 0.326 e. The lowest BCUT2D eigenvalue weighted by atomic mass is 9.96. The first-order valence-corrected chi connectivity index (χ1v) is 15.1. The number of aliphatic hydroxyl groups is 1. The average molecular weight is 627 g/mol. The van der Waals surface area contributed by atoms with Crippen molar-refractivity contribution < 1.29 is 38.7 Å². The van der Waals surface area contributed by atoms with E-state index in [0.29, 0.717) is 61.7 Å². The summed E-state index contributed by atoms with van der Waals surface area (Å²) in [6, 6.07) is 15.5. The van der Waals surface area contributed by atoms with Crippen molar-refractivity contribution in [2.24, 2.45) is 0 Å². The molecule has 2 aliphatic rings. The lowest BCUT2D eigenvalue weighted by Crippen LogP contribution is -2.52. The summed E-state index contributed by atoms with van der Waals surface area (Å²) in [6.07, 6.45) is 0. The van der Waals surface area contributed by atoms with E-state index in [0.717, 1.165) is 46.8 Å². The minimum absolute atomic E-state index is 0.118. The molecule has 10 nitrogen and oxygen atoms in total. The number of aliphatic carboxylic acids is 1. The van der Waals surface area contributed by atoms with Crippen molar-refractivity contribution in [3.63, 3.8) is 0 Å². The highest BCUT2D eigenvalue weighted by Gasteiger charge is 2.32. The van der Waals surface area contributed by atoms with Crippen molar-refractivity contribution >= 4 is 17.6 Å². The Morgan fingerprint density at radius 3 is 2.52 bits per heavy atom. The Labute approximate surface area is 262 Å². The molecule has 0 saturated carbocycles. The summed E-state index contributed by atoms with van der Waals surface area (Å²) in [5, 5.41) is 22.6. The van der Waals surface area contributed by atoms with Crippen molar-refractivity contribution in [1.82, 2.24) is 10.2 Å². The molecule has 3 N–H and O–H groups in total. The van der Waals surface area contributed by atoms with Crippen LogP contribution in [0.4, 0.5) is 0 Å². The number of aliphatic hydroxyl groups excluding tert-OH is 1. The van der Waals surface area contributed by atoms with Crippen LogP contribution in [0, 0.1) is 6.92 Å². The van der Waals surface area contributed by atoms with Crippen LogP contribution in [0.1, 0.15) is 23.6 Å². The first-order chi connectivity index (χ1) is 21.3. The van der Waals surface area contributed by atoms with Gasteiger partial charge in [0.1, 0.15) is 43.5 Å². The van der Waals surface area contributed by atoms with E-state index in [4.69, 9.17) is 35.3 Å². The van der Waals surface area contributed by atoms with Crippen LogP contribution in [0.25, 0.3) is 11.1 Å². The summed E-state index contributed by atoms with van der Waals surface area (Å²) < 4.78 is 29.3. The zero-order chi connectivity index (χ0) is 31.1. The summed E-state index contributed by atoms with van der Waals surface area (Å²) in [5.41, 5.74) is 3.28. The van der Waals surface area contributed by atoms with Gasteiger partial charge in [-0.15, -0.1) is 0 Å². The number of hydrogen-bond donors (Lipinski definition) is 3. The number of rotatable bonds is 13. The molecule has 1 atom stereocenters. The fourth-order valence-corrected chi connectivity index (χ4v) is 5.32. The third-order valence-electron chi connectivity index (χ3n) is 8.02. The van der Waals surface area contributed by atoms with Crippen molar-refractivity contribution in [3.8, 4) is 34.1 Å². The van der Waals surface area contributed by atoms with Gasteiger partial charge in [0.25, 0.3) is 0 Å². The van der Waals surface area contributed by atoms with E-state index in [-0.39, 0.29) is 13.2 Å². The number of benzene rings is 3. The molecule has 44 heavy (non-hydrogen) atoms. The van der Waals surface area contributed by atoms with E-state index in [9.17, 15) is 15.0 Å². The van der Waals surface area contributed by atoms with Gasteiger partial charge in [-0.1, -0.05) is 35.9 Å². The first-order valence-electron chi connectivity index (χ1n) is 14.7. The number of ether oxygens (including phenoxy) is 5. The van der Waals surface area contributed by atoms with Crippen LogP contribution >= 0.6 is 11.6 Å². The maximum atomic E-state index is 11.7. The Morgan fingerprint density at radius 2 is 1.77 bits per heavy atom. The van der Waals surface area contributed by atoms with Gasteiger partial charge in [0.05, 0.1) is 24.8 Å². The molecule has 5 rings (SSSR count). The lowest BCUT2D eigenvalue weighted by Gasteiger charge is -2.27. The predicted octanol–water partition coefficient (Wildman–Crippen LogP) is 4.30. The summed E-state index contributed by atoms with van der Waals surface area (Å²) in [7, 11) is 0. The van der Waals surface area contributed by atoms with Crippen LogP contribution in [0.5, 0.6) is 23.0 Å². The molecular weight excluding hydrogens is 588 g/mol. The van der Waals surface area contributed by atoms with Gasteiger partial charge >= 0.3 is 5.97 Å². The van der Waals surface area contributed by atoms with Crippen LogP contribution in [-0.2, 0) is 22.7 Å². The van der Waals surface area contributed by atoms with E-state index in [1.54, 1.807) is 12.1 Å². The normalized spacial score (nSPS) is 16.3. The number of fused-ring (bicyclic) bond motifs is 1. The second kappa shape index (κ2) is 14.5. The van der Waals surface area contributed by atoms with Gasteiger partial charge in [-0.3, -0.25) is 15.0 Å². The second-order valence-corrected chi connectivity index (χ2v) is 11.5. The third kappa shape index (κ3) is 7.57. The Kier molecular flexibility index (Phi) is 10.5. The largest absolute Gasteiger partial charge is 0.492 e. The van der Waals surface area contributed by atoms with Gasteiger partial charge in [-0.25, -0.2) is 0 Å². The van der Waals surface area contributed by atoms with Gasteiger partial charge in [0, 0.05) is 37.8 Å². The number of morpholine rings is 1. The molecule has 0 aromatic heterocycles. The Balaban J connectivity index is 1.33. The fraction of sp³-hybridized carbons (Fsp3) is 0.424. The van der Waals surface area contributed by atoms with E-state index >= 15 is 0 Å². The molecule has 1 fully saturated rings. The van der Waals surface area contributed by atoms with Gasteiger partial charge in [-0.2, -0.15) is 0 Å². The summed E-state index contributed by atoms with van der Waals surface area (Å²) in [6.45, 7) is 8.56. The second-order valence-electron chi connectivity index (χ2n) is 11.1. The smallest absolute Gasteiger partial charge is 0.326 e. The molecule has 1 saturated heterocycles. The Bertz CT molecular complexity index is 1460.